The van der Waals surface area contributed by atoms with Gasteiger partial charge >= 0.3 is 5.97 Å². The van der Waals surface area contributed by atoms with E-state index in [1.54, 1.807) is 0 Å². The Labute approximate surface area is 355 Å². The van der Waals surface area contributed by atoms with Gasteiger partial charge in [0.25, 0.3) is 0 Å². The molecule has 2 atom stereocenters. The lowest BCUT2D eigenvalue weighted by Crippen LogP contribution is -2.45. The van der Waals surface area contributed by atoms with E-state index in [1.807, 2.05) is 0 Å². The summed E-state index contributed by atoms with van der Waals surface area (Å²) in [5.74, 6) is -0.103. The van der Waals surface area contributed by atoms with Gasteiger partial charge in [0.1, 0.15) is 0 Å². The number of hydrogen-bond donors (Lipinski definition) is 3. The Morgan fingerprint density at radius 3 is 1.25 bits per heavy atom. The van der Waals surface area contributed by atoms with E-state index in [0.717, 1.165) is 77.0 Å². The summed E-state index contributed by atoms with van der Waals surface area (Å²) in [5.41, 5.74) is 0. The fraction of sp³-hybridized carbons (Fsp3) is 0.922. The quantitative estimate of drug-likeness (QED) is 0.0323. The lowest BCUT2D eigenvalue weighted by atomic mass is 10.0. The van der Waals surface area contributed by atoms with E-state index in [0.29, 0.717) is 25.9 Å². The van der Waals surface area contributed by atoms with Crippen LogP contribution in [0.25, 0.3) is 0 Å². The molecule has 1 amide bonds. The molecule has 57 heavy (non-hydrogen) atoms. The molecule has 2 unspecified atom stereocenters. The van der Waals surface area contributed by atoms with Crippen LogP contribution in [0.3, 0.4) is 0 Å². The van der Waals surface area contributed by atoms with E-state index in [2.05, 4.69) is 31.3 Å². The summed E-state index contributed by atoms with van der Waals surface area (Å²) >= 11 is 0. The molecular weight excluding hydrogens is 707 g/mol. The van der Waals surface area contributed by atoms with E-state index >= 15 is 0 Å². The number of carbonyl (C=O) groups is 2. The van der Waals surface area contributed by atoms with Gasteiger partial charge in [0, 0.05) is 12.8 Å². The molecule has 0 rings (SSSR count). The van der Waals surface area contributed by atoms with Crippen LogP contribution in [0, 0.1) is 0 Å². The van der Waals surface area contributed by atoms with Gasteiger partial charge in [0.05, 0.1) is 25.4 Å². The zero-order chi connectivity index (χ0) is 41.5. The highest BCUT2D eigenvalue weighted by Crippen LogP contribution is 2.16. The molecule has 0 aliphatic rings. The first-order valence-corrected chi connectivity index (χ1v) is 25.4. The van der Waals surface area contributed by atoms with E-state index in [1.165, 1.54) is 167 Å². The van der Waals surface area contributed by atoms with Crippen molar-refractivity contribution in [1.29, 1.82) is 0 Å². The van der Waals surface area contributed by atoms with Crippen LogP contribution >= 0.6 is 0 Å². The number of rotatable bonds is 47. The molecule has 0 saturated heterocycles. The fourth-order valence-corrected chi connectivity index (χ4v) is 7.87. The molecule has 338 valence electrons. The Balaban J connectivity index is 3.52. The maximum atomic E-state index is 12.4. The van der Waals surface area contributed by atoms with Crippen LogP contribution in [0.5, 0.6) is 0 Å². The number of ether oxygens (including phenoxy) is 1. The molecule has 0 radical (unpaired) electrons. The minimum absolute atomic E-state index is 0.0338. The van der Waals surface area contributed by atoms with Crippen molar-refractivity contribution in [3.8, 4) is 0 Å². The van der Waals surface area contributed by atoms with Crippen LogP contribution in [0.2, 0.25) is 0 Å². The molecule has 0 heterocycles. The summed E-state index contributed by atoms with van der Waals surface area (Å²) in [5, 5.41) is 23.2. The second-order valence-electron chi connectivity index (χ2n) is 17.5. The minimum Gasteiger partial charge on any atom is -0.466 e. The highest BCUT2D eigenvalue weighted by molar-refractivity contribution is 5.76. The van der Waals surface area contributed by atoms with Gasteiger partial charge in [0.15, 0.2) is 0 Å². The number of aliphatic hydroxyl groups excluding tert-OH is 2. The van der Waals surface area contributed by atoms with Gasteiger partial charge in [0.2, 0.25) is 5.91 Å². The van der Waals surface area contributed by atoms with Gasteiger partial charge < -0.3 is 20.3 Å². The first-order chi connectivity index (χ1) is 28.0. The van der Waals surface area contributed by atoms with Crippen LogP contribution < -0.4 is 5.32 Å². The predicted molar refractivity (Wildman–Crippen MR) is 246 cm³/mol. The van der Waals surface area contributed by atoms with Crippen LogP contribution in [-0.4, -0.2) is 47.4 Å². The molecular formula is C51H99NO5. The Morgan fingerprint density at radius 2 is 0.825 bits per heavy atom. The monoisotopic (exact) mass is 806 g/mol. The second-order valence-corrected chi connectivity index (χ2v) is 17.5. The zero-order valence-electron chi connectivity index (χ0n) is 38.3. The third-order valence-electron chi connectivity index (χ3n) is 11.8. The molecule has 0 aromatic carbocycles. The van der Waals surface area contributed by atoms with Crippen LogP contribution in [-0.2, 0) is 14.3 Å². The lowest BCUT2D eigenvalue weighted by molar-refractivity contribution is -0.143. The summed E-state index contributed by atoms with van der Waals surface area (Å²) < 4.78 is 5.43. The number of esters is 1. The Bertz CT molecular complexity index is 847. The predicted octanol–water partition coefficient (Wildman–Crippen LogP) is 15.0. The topological polar surface area (TPSA) is 95.9 Å². The number of hydrogen-bond acceptors (Lipinski definition) is 5. The Morgan fingerprint density at radius 1 is 0.474 bits per heavy atom. The Kier molecular flexibility index (Phi) is 46.1. The average Bonchev–Trinajstić information content (AvgIpc) is 3.21. The number of aliphatic hydroxyl groups is 2. The lowest BCUT2D eigenvalue weighted by Gasteiger charge is -2.22. The van der Waals surface area contributed by atoms with E-state index in [9.17, 15) is 19.8 Å². The van der Waals surface area contributed by atoms with Crippen molar-refractivity contribution in [2.24, 2.45) is 0 Å². The largest absolute Gasteiger partial charge is 0.466 e. The smallest absolute Gasteiger partial charge is 0.305 e. The fourth-order valence-electron chi connectivity index (χ4n) is 7.87. The van der Waals surface area contributed by atoms with Crippen LogP contribution in [0.4, 0.5) is 0 Å². The number of amides is 1. The summed E-state index contributed by atoms with van der Waals surface area (Å²) in [7, 11) is 0. The molecule has 0 aromatic rings. The number of nitrogens with one attached hydrogen (secondary N) is 1. The summed E-state index contributed by atoms with van der Waals surface area (Å²) in [6, 6.07) is -0.565. The first-order valence-electron chi connectivity index (χ1n) is 25.4. The van der Waals surface area contributed by atoms with Crippen molar-refractivity contribution in [3.05, 3.63) is 12.2 Å². The molecule has 6 nitrogen and oxygen atoms in total. The van der Waals surface area contributed by atoms with Crippen molar-refractivity contribution >= 4 is 11.9 Å². The first kappa shape index (κ1) is 55.6. The van der Waals surface area contributed by atoms with Crippen LogP contribution in [0.15, 0.2) is 12.2 Å². The molecule has 0 fully saturated rings. The zero-order valence-corrected chi connectivity index (χ0v) is 38.3. The normalized spacial score (nSPS) is 12.7. The minimum atomic E-state index is -0.684. The van der Waals surface area contributed by atoms with Gasteiger partial charge in [-0.25, -0.2) is 0 Å². The molecule has 0 bridgehead atoms. The van der Waals surface area contributed by atoms with E-state index < -0.39 is 12.1 Å². The maximum absolute atomic E-state index is 12.4. The second kappa shape index (κ2) is 47.3. The van der Waals surface area contributed by atoms with Gasteiger partial charge in [-0.1, -0.05) is 225 Å². The third-order valence-corrected chi connectivity index (χ3v) is 11.8. The third kappa shape index (κ3) is 44.0. The van der Waals surface area contributed by atoms with Crippen molar-refractivity contribution in [3.63, 3.8) is 0 Å². The average molecular weight is 806 g/mol. The van der Waals surface area contributed by atoms with Crippen molar-refractivity contribution < 1.29 is 24.5 Å². The van der Waals surface area contributed by atoms with Crippen molar-refractivity contribution in [2.75, 3.05) is 13.2 Å². The van der Waals surface area contributed by atoms with Gasteiger partial charge in [-0.05, 0) is 51.4 Å². The van der Waals surface area contributed by atoms with Crippen molar-refractivity contribution in [1.82, 2.24) is 5.32 Å². The summed E-state index contributed by atoms with van der Waals surface area (Å²) in [6.45, 7) is 4.87. The molecule has 6 heteroatoms. The van der Waals surface area contributed by atoms with E-state index in [4.69, 9.17) is 4.74 Å². The van der Waals surface area contributed by atoms with Gasteiger partial charge in [-0.2, -0.15) is 0 Å². The molecule has 0 aromatic heterocycles. The highest BCUT2D eigenvalue weighted by Gasteiger charge is 2.20. The number of unbranched alkanes of at least 4 members (excludes halogenated alkanes) is 34. The van der Waals surface area contributed by atoms with Crippen molar-refractivity contribution in [2.45, 2.75) is 289 Å². The molecule has 0 spiro atoms. The molecule has 0 saturated carbocycles. The molecule has 0 aliphatic carbocycles. The van der Waals surface area contributed by atoms with Gasteiger partial charge in [-0.15, -0.1) is 0 Å². The van der Waals surface area contributed by atoms with E-state index in [-0.39, 0.29) is 18.5 Å². The molecule has 3 N–H and O–H groups in total. The standard InChI is InChI=1S/C51H99NO5/c1-3-5-7-9-11-13-15-17-19-20-21-23-27-31-35-39-43-49(54)48(47-53)52-50(55)44-40-36-32-28-25-26-30-34-38-42-46-57-51(56)45-41-37-33-29-24-22-18-16-14-12-10-8-6-4-2/h26,30,48-49,53-54H,3-25,27-29,31-47H2,1-2H3,(H,52,55)/b30-26-. The van der Waals surface area contributed by atoms with Crippen LogP contribution in [0.1, 0.15) is 277 Å². The summed E-state index contributed by atoms with van der Waals surface area (Å²) in [4.78, 5) is 24.4. The maximum Gasteiger partial charge on any atom is 0.305 e. The molecule has 0 aliphatic heterocycles. The SMILES string of the molecule is CCCCCCCCCCCCCCCCCCC(O)C(CO)NC(=O)CCCCCC/C=C\CCCCOC(=O)CCCCCCCCCCCCCCCC. The Hall–Kier alpha value is -1.40. The number of allylic oxidation sites excluding steroid dienone is 2. The highest BCUT2D eigenvalue weighted by atomic mass is 16.5. The summed E-state index contributed by atoms with van der Waals surface area (Å²) in [6.07, 6.45) is 53.2. The van der Waals surface area contributed by atoms with Gasteiger partial charge in [-0.3, -0.25) is 9.59 Å². The number of carbonyl (C=O) groups excluding carboxylic acids is 2.